The molecule has 1 N–H and O–H groups in total. The van der Waals surface area contributed by atoms with E-state index in [0.717, 1.165) is 45.0 Å². The van der Waals surface area contributed by atoms with Gasteiger partial charge in [-0.25, -0.2) is 0 Å². The lowest BCUT2D eigenvalue weighted by molar-refractivity contribution is 0.0338. The molecule has 1 aromatic carbocycles. The summed E-state index contributed by atoms with van der Waals surface area (Å²) in [5.74, 6) is 0.912. The van der Waals surface area contributed by atoms with E-state index in [1.807, 2.05) is 12.1 Å². The van der Waals surface area contributed by atoms with Gasteiger partial charge in [-0.15, -0.1) is 0 Å². The lowest BCUT2D eigenvalue weighted by Gasteiger charge is -2.31. The van der Waals surface area contributed by atoms with E-state index in [0.29, 0.717) is 12.1 Å². The van der Waals surface area contributed by atoms with Gasteiger partial charge in [-0.2, -0.15) is 0 Å². The van der Waals surface area contributed by atoms with Crippen molar-refractivity contribution in [2.45, 2.75) is 32.4 Å². The number of hydrogen-bond acceptors (Lipinski definition) is 4. The Hall–Kier alpha value is -1.10. The van der Waals surface area contributed by atoms with Crippen LogP contribution in [0.1, 0.15) is 31.9 Å². The fourth-order valence-corrected chi connectivity index (χ4v) is 2.85. The smallest absolute Gasteiger partial charge is 0.118 e. The minimum atomic E-state index is 0.395. The van der Waals surface area contributed by atoms with E-state index in [-0.39, 0.29) is 0 Å². The molecule has 1 fully saturated rings. The highest BCUT2D eigenvalue weighted by atomic mass is 16.5. The van der Waals surface area contributed by atoms with Gasteiger partial charge in [-0.05, 0) is 31.0 Å². The molecule has 0 saturated carbocycles. The van der Waals surface area contributed by atoms with Crippen LogP contribution in [0.15, 0.2) is 24.3 Å². The highest BCUT2D eigenvalue weighted by Crippen LogP contribution is 2.20. The summed E-state index contributed by atoms with van der Waals surface area (Å²) in [5.41, 5.74) is 1.33. The van der Waals surface area contributed by atoms with Gasteiger partial charge in [-0.3, -0.25) is 4.90 Å². The van der Waals surface area contributed by atoms with Crippen LogP contribution in [0.5, 0.6) is 5.75 Å². The first-order valence-electron chi connectivity index (χ1n) is 7.93. The third-order valence-electron chi connectivity index (χ3n) is 4.05. The fraction of sp³-hybridized carbons (Fsp3) is 0.647. The molecule has 21 heavy (non-hydrogen) atoms. The van der Waals surface area contributed by atoms with Crippen molar-refractivity contribution in [1.82, 2.24) is 10.2 Å². The molecule has 0 amide bonds. The van der Waals surface area contributed by atoms with Gasteiger partial charge in [0.15, 0.2) is 0 Å². The second-order valence-corrected chi connectivity index (χ2v) is 5.71. The highest BCUT2D eigenvalue weighted by molar-refractivity contribution is 5.29. The van der Waals surface area contributed by atoms with Crippen molar-refractivity contribution >= 4 is 0 Å². The third-order valence-corrected chi connectivity index (χ3v) is 4.05. The Bertz CT molecular complexity index is 402. The van der Waals surface area contributed by atoms with Gasteiger partial charge >= 0.3 is 0 Å². The Labute approximate surface area is 128 Å². The molecule has 0 spiro atoms. The van der Waals surface area contributed by atoms with Crippen molar-refractivity contribution in [3.63, 3.8) is 0 Å². The van der Waals surface area contributed by atoms with Gasteiger partial charge in [0, 0.05) is 31.7 Å². The first-order valence-corrected chi connectivity index (χ1v) is 7.93. The Morgan fingerprint density at radius 1 is 1.24 bits per heavy atom. The van der Waals surface area contributed by atoms with E-state index >= 15 is 0 Å². The number of morpholine rings is 1. The molecule has 0 aromatic heterocycles. The second kappa shape index (κ2) is 8.37. The van der Waals surface area contributed by atoms with Gasteiger partial charge in [0.25, 0.3) is 0 Å². The first-order chi connectivity index (χ1) is 10.2. The maximum absolute atomic E-state index is 5.40. The van der Waals surface area contributed by atoms with Gasteiger partial charge in [0.05, 0.1) is 20.3 Å². The van der Waals surface area contributed by atoms with Gasteiger partial charge in [-0.1, -0.05) is 19.1 Å². The van der Waals surface area contributed by atoms with Crippen LogP contribution in [-0.4, -0.2) is 50.9 Å². The molecule has 2 rings (SSSR count). The summed E-state index contributed by atoms with van der Waals surface area (Å²) in [6.07, 6.45) is 1.08. The number of rotatable bonds is 7. The standard InChI is InChI=1S/C17H28N2O2/c1-4-17(15-5-7-16(20-3)8-6-15)18-14(2)13-19-9-11-21-12-10-19/h5-8,14,17-18H,4,9-13H2,1-3H3. The predicted octanol–water partition coefficient (Wildman–Crippen LogP) is 2.46. The Morgan fingerprint density at radius 2 is 1.90 bits per heavy atom. The topological polar surface area (TPSA) is 33.7 Å². The molecule has 2 unspecified atom stereocenters. The van der Waals surface area contributed by atoms with Gasteiger partial charge < -0.3 is 14.8 Å². The maximum Gasteiger partial charge on any atom is 0.118 e. The number of benzene rings is 1. The van der Waals surface area contributed by atoms with Crippen molar-refractivity contribution in [1.29, 1.82) is 0 Å². The molecule has 1 aliphatic heterocycles. The van der Waals surface area contributed by atoms with E-state index in [1.54, 1.807) is 7.11 Å². The molecule has 1 aromatic rings. The summed E-state index contributed by atoms with van der Waals surface area (Å²) < 4.78 is 10.6. The minimum Gasteiger partial charge on any atom is -0.497 e. The largest absolute Gasteiger partial charge is 0.497 e. The molecule has 0 bridgehead atoms. The molecule has 1 aliphatic rings. The number of nitrogens with one attached hydrogen (secondary N) is 1. The van der Waals surface area contributed by atoms with Crippen LogP contribution in [0.2, 0.25) is 0 Å². The van der Waals surface area contributed by atoms with Crippen LogP contribution in [0.25, 0.3) is 0 Å². The van der Waals surface area contributed by atoms with Crippen molar-refractivity contribution < 1.29 is 9.47 Å². The Balaban J connectivity index is 1.87. The molecule has 0 aliphatic carbocycles. The van der Waals surface area contributed by atoms with Crippen LogP contribution in [0.3, 0.4) is 0 Å². The molecule has 2 atom stereocenters. The fourth-order valence-electron chi connectivity index (χ4n) is 2.85. The molecule has 1 heterocycles. The molecule has 0 radical (unpaired) electrons. The molecule has 4 nitrogen and oxygen atoms in total. The average molecular weight is 292 g/mol. The van der Waals surface area contributed by atoms with Crippen LogP contribution < -0.4 is 10.1 Å². The van der Waals surface area contributed by atoms with Crippen LogP contribution in [-0.2, 0) is 4.74 Å². The minimum absolute atomic E-state index is 0.395. The lowest BCUT2D eigenvalue weighted by Crippen LogP contribution is -2.45. The molecule has 1 saturated heterocycles. The van der Waals surface area contributed by atoms with E-state index < -0.39 is 0 Å². The van der Waals surface area contributed by atoms with Crippen molar-refractivity contribution in [3.8, 4) is 5.75 Å². The summed E-state index contributed by atoms with van der Waals surface area (Å²) >= 11 is 0. The van der Waals surface area contributed by atoms with E-state index in [9.17, 15) is 0 Å². The van der Waals surface area contributed by atoms with E-state index in [1.165, 1.54) is 5.56 Å². The van der Waals surface area contributed by atoms with Crippen molar-refractivity contribution in [2.24, 2.45) is 0 Å². The molecular weight excluding hydrogens is 264 g/mol. The normalized spacial score (nSPS) is 19.2. The van der Waals surface area contributed by atoms with Crippen LogP contribution in [0.4, 0.5) is 0 Å². The van der Waals surface area contributed by atoms with Crippen molar-refractivity contribution in [3.05, 3.63) is 29.8 Å². The lowest BCUT2D eigenvalue weighted by atomic mass is 10.0. The second-order valence-electron chi connectivity index (χ2n) is 5.71. The van der Waals surface area contributed by atoms with Crippen LogP contribution >= 0.6 is 0 Å². The van der Waals surface area contributed by atoms with Gasteiger partial charge in [0.2, 0.25) is 0 Å². The zero-order valence-electron chi connectivity index (χ0n) is 13.5. The summed E-state index contributed by atoms with van der Waals surface area (Å²) in [4.78, 5) is 2.47. The van der Waals surface area contributed by atoms with E-state index in [2.05, 4.69) is 36.2 Å². The maximum atomic E-state index is 5.40. The number of ether oxygens (including phenoxy) is 2. The van der Waals surface area contributed by atoms with Crippen LogP contribution in [0, 0.1) is 0 Å². The number of hydrogen-bond donors (Lipinski definition) is 1. The summed E-state index contributed by atoms with van der Waals surface area (Å²) in [6, 6.07) is 9.24. The SMILES string of the molecule is CCC(NC(C)CN1CCOCC1)c1ccc(OC)cc1. The molecule has 4 heteroatoms. The Kier molecular flexibility index (Phi) is 6.49. The summed E-state index contributed by atoms with van der Waals surface area (Å²) in [5, 5.41) is 3.74. The quantitative estimate of drug-likeness (QED) is 0.837. The zero-order chi connectivity index (χ0) is 15.1. The summed E-state index contributed by atoms with van der Waals surface area (Å²) in [7, 11) is 1.70. The monoisotopic (exact) mass is 292 g/mol. The number of nitrogens with zero attached hydrogens (tertiary/aromatic N) is 1. The predicted molar refractivity (Wildman–Crippen MR) is 85.9 cm³/mol. The van der Waals surface area contributed by atoms with Crippen molar-refractivity contribution in [2.75, 3.05) is 40.0 Å². The average Bonchev–Trinajstić information content (AvgIpc) is 2.53. The van der Waals surface area contributed by atoms with Gasteiger partial charge in [0.1, 0.15) is 5.75 Å². The molecule has 118 valence electrons. The highest BCUT2D eigenvalue weighted by Gasteiger charge is 2.17. The first kappa shape index (κ1) is 16.3. The third kappa shape index (κ3) is 4.99. The zero-order valence-corrected chi connectivity index (χ0v) is 13.5. The summed E-state index contributed by atoms with van der Waals surface area (Å²) in [6.45, 7) is 9.39. The Morgan fingerprint density at radius 3 is 2.48 bits per heavy atom. The van der Waals surface area contributed by atoms with E-state index in [4.69, 9.17) is 9.47 Å². The molecular formula is C17H28N2O2. The number of methoxy groups -OCH3 is 1.